The minimum atomic E-state index is -0.0729. The number of hydrogen-bond acceptors (Lipinski definition) is 6. The normalized spacial score (nSPS) is 30.5. The molecule has 2 rings (SSSR count). The van der Waals surface area contributed by atoms with Gasteiger partial charge in [-0.05, 0) is 0 Å². The third kappa shape index (κ3) is 1.82. The molecule has 11 heavy (non-hydrogen) atoms. The molecule has 4 nitrogen and oxygen atoms in total. The lowest BCUT2D eigenvalue weighted by atomic mass is 9.93. The van der Waals surface area contributed by atoms with Crippen LogP contribution in [0.4, 0.5) is 0 Å². The Morgan fingerprint density at radius 3 is 1.45 bits per heavy atom. The molecule has 2 aliphatic rings. The molecule has 0 radical (unpaired) electrons. The molecular weight excluding hydrogens is 188 g/mol. The second kappa shape index (κ2) is 3.51. The van der Waals surface area contributed by atoms with Crippen LogP contribution in [0.25, 0.3) is 0 Å². The monoisotopic (exact) mass is 196 g/mol. The smallest absolute Gasteiger partial charge is 0.158 e. The van der Waals surface area contributed by atoms with Crippen molar-refractivity contribution in [2.75, 3.05) is 26.4 Å². The van der Waals surface area contributed by atoms with Crippen molar-refractivity contribution in [3.8, 4) is 0 Å². The average molecular weight is 196 g/mol. The van der Waals surface area contributed by atoms with Crippen LogP contribution in [0.5, 0.6) is 0 Å². The first-order valence-electron chi connectivity index (χ1n) is 3.24. The molecular formula is C5H8O4S2. The highest BCUT2D eigenvalue weighted by molar-refractivity contribution is 7.90. The summed E-state index contributed by atoms with van der Waals surface area (Å²) in [5.41, 5.74) is -0.0729. The standard InChI is InChI=1S/C5H8O4S2/c1-5(2-7-10-6-1)3-8-11-9-4-5/h1-4H2. The van der Waals surface area contributed by atoms with Crippen LogP contribution < -0.4 is 0 Å². The van der Waals surface area contributed by atoms with E-state index >= 15 is 0 Å². The Kier molecular flexibility index (Phi) is 2.60. The Hall–Kier alpha value is 0.540. The average Bonchev–Trinajstić information content (AvgIpc) is 2.07. The van der Waals surface area contributed by atoms with Crippen LogP contribution in [0.2, 0.25) is 0 Å². The van der Waals surface area contributed by atoms with Gasteiger partial charge in [-0.15, -0.1) is 0 Å². The first kappa shape index (κ1) is 8.15. The van der Waals surface area contributed by atoms with E-state index in [1.54, 1.807) is 0 Å². The molecule has 0 atom stereocenters. The van der Waals surface area contributed by atoms with E-state index in [-0.39, 0.29) is 5.41 Å². The second-order valence-corrected chi connectivity index (χ2v) is 3.90. The van der Waals surface area contributed by atoms with Crippen LogP contribution in [0.1, 0.15) is 0 Å². The Morgan fingerprint density at radius 1 is 0.727 bits per heavy atom. The summed E-state index contributed by atoms with van der Waals surface area (Å²) in [7, 11) is 0. The third-order valence-electron chi connectivity index (χ3n) is 1.65. The molecule has 64 valence electrons. The van der Waals surface area contributed by atoms with Gasteiger partial charge in [-0.1, -0.05) is 0 Å². The maximum atomic E-state index is 5.09. The lowest BCUT2D eigenvalue weighted by Crippen LogP contribution is -2.43. The first-order valence-corrected chi connectivity index (χ1v) is 4.57. The third-order valence-corrected chi connectivity index (χ3v) is 2.51. The first-order chi connectivity index (χ1) is 5.41. The van der Waals surface area contributed by atoms with Crippen molar-refractivity contribution >= 4 is 24.6 Å². The van der Waals surface area contributed by atoms with Gasteiger partial charge in [0.25, 0.3) is 0 Å². The van der Waals surface area contributed by atoms with Gasteiger partial charge in [0, 0.05) is 0 Å². The van der Waals surface area contributed by atoms with Gasteiger partial charge in [-0.25, -0.2) is 0 Å². The quantitative estimate of drug-likeness (QED) is 0.542. The molecule has 2 fully saturated rings. The van der Waals surface area contributed by atoms with Gasteiger partial charge in [0.2, 0.25) is 0 Å². The summed E-state index contributed by atoms with van der Waals surface area (Å²) >= 11 is 2.09. The fourth-order valence-electron chi connectivity index (χ4n) is 0.914. The predicted octanol–water partition coefficient (Wildman–Crippen LogP) is 1.19. The zero-order valence-corrected chi connectivity index (χ0v) is 7.41. The van der Waals surface area contributed by atoms with Crippen molar-refractivity contribution in [3.63, 3.8) is 0 Å². The maximum absolute atomic E-state index is 5.09. The van der Waals surface area contributed by atoms with Gasteiger partial charge in [0.15, 0.2) is 24.6 Å². The van der Waals surface area contributed by atoms with Crippen molar-refractivity contribution in [1.29, 1.82) is 0 Å². The van der Waals surface area contributed by atoms with Crippen molar-refractivity contribution in [2.24, 2.45) is 5.41 Å². The molecule has 0 aliphatic carbocycles. The molecule has 0 amide bonds. The van der Waals surface area contributed by atoms with Crippen LogP contribution in [-0.4, -0.2) is 26.4 Å². The molecule has 0 aromatic rings. The fourth-order valence-corrected chi connectivity index (χ4v) is 2.24. The zero-order chi connectivity index (χ0) is 7.57. The SMILES string of the molecule is C1OSOCC12COSOC2. The van der Waals surface area contributed by atoms with Crippen LogP contribution in [0.15, 0.2) is 0 Å². The van der Waals surface area contributed by atoms with E-state index in [4.69, 9.17) is 16.7 Å². The minimum absolute atomic E-state index is 0.0729. The molecule has 2 saturated heterocycles. The van der Waals surface area contributed by atoms with Crippen LogP contribution in [-0.2, 0) is 16.7 Å². The Balaban J connectivity index is 1.94. The van der Waals surface area contributed by atoms with E-state index in [0.29, 0.717) is 26.4 Å². The molecule has 2 heterocycles. The zero-order valence-electron chi connectivity index (χ0n) is 5.78. The molecule has 0 unspecified atom stereocenters. The lowest BCUT2D eigenvalue weighted by molar-refractivity contribution is -0.0333. The van der Waals surface area contributed by atoms with Gasteiger partial charge < -0.3 is 0 Å². The summed E-state index contributed by atoms with van der Waals surface area (Å²) in [6.45, 7) is 2.55. The van der Waals surface area contributed by atoms with E-state index in [1.165, 1.54) is 0 Å². The minimum Gasteiger partial charge on any atom is -0.291 e. The molecule has 2 aliphatic heterocycles. The van der Waals surface area contributed by atoms with Crippen LogP contribution >= 0.6 is 24.6 Å². The largest absolute Gasteiger partial charge is 0.291 e. The molecule has 0 N–H and O–H groups in total. The summed E-state index contributed by atoms with van der Waals surface area (Å²) in [6, 6.07) is 0. The number of hydrogen-bond donors (Lipinski definition) is 0. The van der Waals surface area contributed by atoms with Crippen molar-refractivity contribution in [1.82, 2.24) is 0 Å². The summed E-state index contributed by atoms with van der Waals surface area (Å²) in [5, 5.41) is 0. The predicted molar refractivity (Wildman–Crippen MR) is 41.4 cm³/mol. The summed E-state index contributed by atoms with van der Waals surface area (Å²) < 4.78 is 20.4. The summed E-state index contributed by atoms with van der Waals surface area (Å²) in [5.74, 6) is 0. The fraction of sp³-hybridized carbons (Fsp3) is 1.00. The van der Waals surface area contributed by atoms with E-state index in [2.05, 4.69) is 0 Å². The highest BCUT2D eigenvalue weighted by atomic mass is 32.2. The molecule has 0 aromatic heterocycles. The highest BCUT2D eigenvalue weighted by Gasteiger charge is 2.38. The summed E-state index contributed by atoms with van der Waals surface area (Å²) in [6.07, 6.45) is 0. The Bertz CT molecular complexity index is 111. The van der Waals surface area contributed by atoms with Crippen molar-refractivity contribution in [3.05, 3.63) is 0 Å². The lowest BCUT2D eigenvalue weighted by Gasteiger charge is -2.36. The maximum Gasteiger partial charge on any atom is 0.158 e. The molecule has 0 bridgehead atoms. The molecule has 0 aromatic carbocycles. The molecule has 0 saturated carbocycles. The van der Waals surface area contributed by atoms with E-state index in [9.17, 15) is 0 Å². The van der Waals surface area contributed by atoms with Crippen molar-refractivity contribution < 1.29 is 16.7 Å². The second-order valence-electron chi connectivity index (χ2n) is 2.68. The van der Waals surface area contributed by atoms with Gasteiger partial charge in [0.1, 0.15) is 0 Å². The van der Waals surface area contributed by atoms with E-state index in [0.717, 1.165) is 24.6 Å². The Morgan fingerprint density at radius 2 is 1.09 bits per heavy atom. The van der Waals surface area contributed by atoms with Crippen LogP contribution in [0, 0.1) is 5.41 Å². The molecule has 1 spiro atoms. The van der Waals surface area contributed by atoms with Gasteiger partial charge >= 0.3 is 0 Å². The highest BCUT2D eigenvalue weighted by Crippen LogP contribution is 2.34. The van der Waals surface area contributed by atoms with E-state index in [1.807, 2.05) is 0 Å². The van der Waals surface area contributed by atoms with E-state index < -0.39 is 0 Å². The number of rotatable bonds is 0. The van der Waals surface area contributed by atoms with Gasteiger partial charge in [0.05, 0.1) is 31.8 Å². The van der Waals surface area contributed by atoms with Gasteiger partial charge in [-0.2, -0.15) is 0 Å². The van der Waals surface area contributed by atoms with Crippen molar-refractivity contribution in [2.45, 2.75) is 0 Å². The van der Waals surface area contributed by atoms with Crippen LogP contribution in [0.3, 0.4) is 0 Å². The molecule has 6 heteroatoms. The summed E-state index contributed by atoms with van der Waals surface area (Å²) in [4.78, 5) is 0. The topological polar surface area (TPSA) is 36.9 Å². The van der Waals surface area contributed by atoms with Gasteiger partial charge in [-0.3, -0.25) is 16.7 Å². The Labute approximate surface area is 73.7 Å².